The maximum atomic E-state index is 4.39. The predicted octanol–water partition coefficient (Wildman–Crippen LogP) is 3.65. The van der Waals surface area contributed by atoms with Crippen LogP contribution in [0.15, 0.2) is 28.0 Å². The Morgan fingerprint density at radius 1 is 1.35 bits per heavy atom. The lowest BCUT2D eigenvalue weighted by Crippen LogP contribution is -2.44. The van der Waals surface area contributed by atoms with E-state index < -0.39 is 0 Å². The van der Waals surface area contributed by atoms with Gasteiger partial charge in [-0.1, -0.05) is 13.0 Å². The summed E-state index contributed by atoms with van der Waals surface area (Å²) in [6.45, 7) is 8.41. The van der Waals surface area contributed by atoms with Gasteiger partial charge in [-0.15, -0.1) is 22.7 Å². The summed E-state index contributed by atoms with van der Waals surface area (Å²) in [7, 11) is 1.83. The second-order valence-electron chi connectivity index (χ2n) is 6.92. The molecule has 2 aromatic rings. The van der Waals surface area contributed by atoms with Crippen molar-refractivity contribution in [3.63, 3.8) is 0 Å². The molecule has 5 nitrogen and oxygen atoms in total. The summed E-state index contributed by atoms with van der Waals surface area (Å²) in [6, 6.07) is 4.82. The highest BCUT2D eigenvalue weighted by Gasteiger charge is 2.25. The van der Waals surface area contributed by atoms with Crippen molar-refractivity contribution < 1.29 is 0 Å². The molecule has 1 atom stereocenters. The van der Waals surface area contributed by atoms with Gasteiger partial charge in [-0.25, -0.2) is 4.98 Å². The van der Waals surface area contributed by atoms with Crippen molar-refractivity contribution in [2.75, 3.05) is 26.7 Å². The van der Waals surface area contributed by atoms with Crippen molar-refractivity contribution in [1.29, 1.82) is 0 Å². The van der Waals surface area contributed by atoms with E-state index >= 15 is 0 Å². The average molecular weight is 392 g/mol. The van der Waals surface area contributed by atoms with Gasteiger partial charge in [0.2, 0.25) is 0 Å². The third-order valence-electron chi connectivity index (χ3n) is 5.08. The van der Waals surface area contributed by atoms with Gasteiger partial charge >= 0.3 is 0 Å². The van der Waals surface area contributed by atoms with Gasteiger partial charge < -0.3 is 10.6 Å². The van der Waals surface area contributed by atoms with E-state index in [0.29, 0.717) is 6.04 Å². The number of aliphatic imine (C=N–C) groups is 1. The van der Waals surface area contributed by atoms with Gasteiger partial charge in [0.05, 0.1) is 23.8 Å². The van der Waals surface area contributed by atoms with Gasteiger partial charge in [-0.3, -0.25) is 9.89 Å². The van der Waals surface area contributed by atoms with E-state index in [2.05, 4.69) is 49.9 Å². The molecule has 1 aliphatic heterocycles. The molecule has 0 aromatic carbocycles. The van der Waals surface area contributed by atoms with Crippen molar-refractivity contribution in [3.05, 3.63) is 38.5 Å². The normalized spacial score (nSPS) is 18.0. The summed E-state index contributed by atoms with van der Waals surface area (Å²) < 4.78 is 0. The molecule has 7 heteroatoms. The first-order valence-corrected chi connectivity index (χ1v) is 11.0. The summed E-state index contributed by atoms with van der Waals surface area (Å²) in [5.41, 5.74) is 2.99. The number of thiazole rings is 1. The largest absolute Gasteiger partial charge is 0.354 e. The molecular formula is C19H29N5S2. The van der Waals surface area contributed by atoms with E-state index in [1.54, 1.807) is 11.3 Å². The third-order valence-corrected chi connectivity index (χ3v) is 6.99. The van der Waals surface area contributed by atoms with Crippen LogP contribution in [0.2, 0.25) is 0 Å². The summed E-state index contributed by atoms with van der Waals surface area (Å²) in [5, 5.41) is 9.13. The summed E-state index contributed by atoms with van der Waals surface area (Å²) in [5.74, 6) is 1.70. The zero-order valence-electron chi connectivity index (χ0n) is 15.9. The molecule has 0 aliphatic carbocycles. The van der Waals surface area contributed by atoms with Crippen LogP contribution < -0.4 is 10.6 Å². The molecule has 0 amide bonds. The van der Waals surface area contributed by atoms with Crippen molar-refractivity contribution in [2.24, 2.45) is 10.9 Å². The number of nitrogens with zero attached hydrogens (tertiary/aromatic N) is 3. The molecule has 1 fully saturated rings. The average Bonchev–Trinajstić information content (AvgIpc) is 3.31. The standard InChI is InChI=1S/C19H29N5S2/c1-14-6-8-24(9-7-14)16(17-5-4-10-25-17)11-21-19(20-3)22-12-18-15(2)23-13-26-18/h4-5,10,13-14,16H,6-9,11-12H2,1-3H3,(H2,20,21,22). The van der Waals surface area contributed by atoms with E-state index in [1.165, 1.54) is 35.7 Å². The van der Waals surface area contributed by atoms with Crippen LogP contribution in [0.5, 0.6) is 0 Å². The number of piperidine rings is 1. The Kier molecular flexibility index (Phi) is 7.05. The van der Waals surface area contributed by atoms with Gasteiger partial charge in [-0.05, 0) is 50.2 Å². The number of aryl methyl sites for hydroxylation is 1. The molecule has 1 unspecified atom stereocenters. The van der Waals surface area contributed by atoms with Crippen LogP contribution in [0.25, 0.3) is 0 Å². The van der Waals surface area contributed by atoms with E-state index in [4.69, 9.17) is 0 Å². The Labute approximate surface area is 164 Å². The second-order valence-corrected chi connectivity index (χ2v) is 8.84. The molecule has 2 aromatic heterocycles. The Bertz CT molecular complexity index is 687. The molecule has 26 heavy (non-hydrogen) atoms. The van der Waals surface area contributed by atoms with Crippen molar-refractivity contribution in [1.82, 2.24) is 20.5 Å². The van der Waals surface area contributed by atoms with Gasteiger partial charge in [-0.2, -0.15) is 0 Å². The molecule has 3 rings (SSSR count). The van der Waals surface area contributed by atoms with Crippen molar-refractivity contribution >= 4 is 28.6 Å². The highest BCUT2D eigenvalue weighted by atomic mass is 32.1. The fourth-order valence-electron chi connectivity index (χ4n) is 3.30. The first-order chi connectivity index (χ1) is 12.7. The number of aromatic nitrogens is 1. The topological polar surface area (TPSA) is 52.6 Å². The Morgan fingerprint density at radius 3 is 2.77 bits per heavy atom. The van der Waals surface area contributed by atoms with Crippen LogP contribution in [0.1, 0.15) is 41.3 Å². The highest BCUT2D eigenvalue weighted by molar-refractivity contribution is 7.10. The Balaban J connectivity index is 1.58. The fourth-order valence-corrected chi connectivity index (χ4v) is 4.88. The van der Waals surface area contributed by atoms with Crippen LogP contribution in [0.3, 0.4) is 0 Å². The molecule has 1 saturated heterocycles. The minimum absolute atomic E-state index is 0.409. The first kappa shape index (κ1) is 19.3. The zero-order chi connectivity index (χ0) is 18.4. The summed E-state index contributed by atoms with van der Waals surface area (Å²) in [6.07, 6.45) is 2.58. The zero-order valence-corrected chi connectivity index (χ0v) is 17.5. The van der Waals surface area contributed by atoms with Crippen LogP contribution in [0, 0.1) is 12.8 Å². The lowest BCUT2D eigenvalue weighted by molar-refractivity contribution is 0.140. The smallest absolute Gasteiger partial charge is 0.191 e. The fraction of sp³-hybridized carbons (Fsp3) is 0.579. The number of rotatable bonds is 6. The SMILES string of the molecule is CN=C(NCc1scnc1C)NCC(c1cccs1)N1CCC(C)CC1. The molecule has 3 heterocycles. The molecule has 0 spiro atoms. The molecule has 0 bridgehead atoms. The number of thiophene rings is 1. The number of likely N-dealkylation sites (tertiary alicyclic amines) is 1. The number of nitrogens with one attached hydrogen (secondary N) is 2. The van der Waals surface area contributed by atoms with Crippen molar-refractivity contribution in [3.8, 4) is 0 Å². The van der Waals surface area contributed by atoms with Gasteiger partial charge in [0.1, 0.15) is 0 Å². The van der Waals surface area contributed by atoms with Crippen LogP contribution >= 0.6 is 22.7 Å². The summed E-state index contributed by atoms with van der Waals surface area (Å²) >= 11 is 3.53. The Hall–Kier alpha value is -1.44. The molecule has 0 radical (unpaired) electrons. The molecule has 2 N–H and O–H groups in total. The number of hydrogen-bond donors (Lipinski definition) is 2. The van der Waals surface area contributed by atoms with Crippen LogP contribution in [0.4, 0.5) is 0 Å². The maximum Gasteiger partial charge on any atom is 0.191 e. The van der Waals surface area contributed by atoms with Gasteiger partial charge in [0.25, 0.3) is 0 Å². The lowest BCUT2D eigenvalue weighted by atomic mass is 9.97. The van der Waals surface area contributed by atoms with E-state index in [0.717, 1.165) is 30.7 Å². The monoisotopic (exact) mass is 391 g/mol. The third kappa shape index (κ3) is 5.05. The minimum Gasteiger partial charge on any atom is -0.354 e. The Morgan fingerprint density at radius 2 is 2.15 bits per heavy atom. The highest BCUT2D eigenvalue weighted by Crippen LogP contribution is 2.29. The quantitative estimate of drug-likeness (QED) is 0.583. The molecule has 142 valence electrons. The number of guanidine groups is 1. The molecule has 1 aliphatic rings. The van der Waals surface area contributed by atoms with Gasteiger partial charge in [0.15, 0.2) is 5.96 Å². The predicted molar refractivity (Wildman–Crippen MR) is 112 cm³/mol. The second kappa shape index (κ2) is 9.48. The number of hydrogen-bond acceptors (Lipinski definition) is 5. The minimum atomic E-state index is 0.409. The van der Waals surface area contributed by atoms with Crippen LogP contribution in [-0.2, 0) is 6.54 Å². The van der Waals surface area contributed by atoms with Gasteiger partial charge in [0, 0.05) is 23.3 Å². The lowest BCUT2D eigenvalue weighted by Gasteiger charge is -2.36. The molecule has 0 saturated carbocycles. The maximum absolute atomic E-state index is 4.39. The van der Waals surface area contributed by atoms with E-state index in [-0.39, 0.29) is 0 Å². The van der Waals surface area contributed by atoms with E-state index in [9.17, 15) is 0 Å². The van der Waals surface area contributed by atoms with Crippen molar-refractivity contribution in [2.45, 2.75) is 39.3 Å². The van der Waals surface area contributed by atoms with E-state index in [1.807, 2.05) is 30.8 Å². The summed E-state index contributed by atoms with van der Waals surface area (Å²) in [4.78, 5) is 14.0. The van der Waals surface area contributed by atoms with Crippen LogP contribution in [-0.4, -0.2) is 42.5 Å². The molecular weight excluding hydrogens is 362 g/mol. The first-order valence-electron chi connectivity index (χ1n) is 9.28.